The number of rotatable bonds is 16. The summed E-state index contributed by atoms with van der Waals surface area (Å²) in [5, 5.41) is 32.1. The number of nitriles is 2. The molecule has 4 amide bonds. The Morgan fingerprint density at radius 1 is 0.736 bits per heavy atom. The first-order valence-electron chi connectivity index (χ1n) is 25.8. The van der Waals surface area contributed by atoms with Crippen LogP contribution in [0.4, 0.5) is 39.5 Å². The number of alkyl halides is 9. The largest absolute Gasteiger partial charge is 1.00 e. The van der Waals surface area contributed by atoms with Crippen LogP contribution >= 0.6 is 47.6 Å². The molecule has 6 aliphatic rings. The van der Waals surface area contributed by atoms with E-state index in [4.69, 9.17) is 46.9 Å². The molecular weight excluding hydrogens is 1330 g/mol. The SMILES string of the molecule is CC(C)Oc1ccc(S)c(Cl)c1.C[C@H](Oc1ccc(S[C@@H]2C[C@@H](C(=O)NC3(C#N)CC3)N(C(=O)C3(C(F)(F)F)CC3)C2)c(Cl)c1)C(F)(F)F.N#CC1(NC(=O)[C@@H]2C[C@H](OS(=O)(=O)c3ccccc3)CN2C(=O)C2(C(F)(F)F)CC2)CC1.O=CO[O-].[H-].[K+].[K+]. The van der Waals surface area contributed by atoms with E-state index in [9.17, 15) is 77.6 Å². The topological polar surface area (TPSA) is 258 Å². The summed E-state index contributed by atoms with van der Waals surface area (Å²) in [5.74, 6) is -3.25. The molecule has 4 aliphatic carbocycles. The quantitative estimate of drug-likeness (QED) is 0.0354. The minimum Gasteiger partial charge on any atom is -1.00 e. The predicted molar refractivity (Wildman–Crippen MR) is 286 cm³/mol. The Hall–Kier alpha value is -2.62. The van der Waals surface area contributed by atoms with Crippen molar-refractivity contribution in [3.05, 3.63) is 76.8 Å². The third-order valence-corrected chi connectivity index (χ3v) is 18.2. The first-order chi connectivity index (χ1) is 39.5. The van der Waals surface area contributed by atoms with Crippen LogP contribution in [-0.4, -0.2) is 127 Å². The minimum atomic E-state index is -4.79. The van der Waals surface area contributed by atoms with Crippen LogP contribution in [0.15, 0.2) is 81.4 Å². The fraction of sp³-hybridized carbons (Fsp3) is 0.528. The summed E-state index contributed by atoms with van der Waals surface area (Å²) in [6.07, 6.45) is -17.4. The Balaban J connectivity index is 0.000000361. The minimum absolute atomic E-state index is 0. The first kappa shape index (κ1) is 76.8. The summed E-state index contributed by atoms with van der Waals surface area (Å²) in [6, 6.07) is 17.8. The van der Waals surface area contributed by atoms with Gasteiger partial charge in [0.25, 0.3) is 16.6 Å². The summed E-state index contributed by atoms with van der Waals surface area (Å²) in [6.45, 7) is 3.96. The molecule has 3 aromatic carbocycles. The van der Waals surface area contributed by atoms with Gasteiger partial charge < -0.3 is 41.5 Å². The van der Waals surface area contributed by atoms with E-state index in [1.54, 1.807) is 12.1 Å². The molecule has 0 radical (unpaired) electrons. The average molecular weight is 1380 g/mol. The molecule has 0 bridgehead atoms. The number of amides is 4. The van der Waals surface area contributed by atoms with Gasteiger partial charge in [-0.15, -0.1) is 24.4 Å². The van der Waals surface area contributed by atoms with Gasteiger partial charge in [-0.3, -0.25) is 28.2 Å². The van der Waals surface area contributed by atoms with Crippen LogP contribution < -0.4 is 128 Å². The Morgan fingerprint density at radius 3 is 1.59 bits per heavy atom. The van der Waals surface area contributed by atoms with E-state index >= 15 is 0 Å². The number of likely N-dealkylation sites (tertiary alicyclic amines) is 2. The van der Waals surface area contributed by atoms with Gasteiger partial charge in [0.15, 0.2) is 6.10 Å². The molecule has 466 valence electrons. The van der Waals surface area contributed by atoms with E-state index in [1.165, 1.54) is 42.5 Å². The molecule has 3 aromatic rings. The van der Waals surface area contributed by atoms with E-state index in [2.05, 4.69) is 28.1 Å². The van der Waals surface area contributed by atoms with E-state index < -0.39 is 123 Å². The molecule has 2 heterocycles. The predicted octanol–water partition coefficient (Wildman–Crippen LogP) is 3.09. The van der Waals surface area contributed by atoms with Gasteiger partial charge in [-0.25, -0.2) is 0 Å². The number of halogens is 11. The van der Waals surface area contributed by atoms with Crippen molar-refractivity contribution in [2.24, 2.45) is 10.8 Å². The number of ether oxygens (including phenoxy) is 2. The molecule has 9 rings (SSSR count). The summed E-state index contributed by atoms with van der Waals surface area (Å²) >= 11 is 17.3. The van der Waals surface area contributed by atoms with Crippen LogP contribution in [0.2, 0.25) is 10.0 Å². The van der Waals surface area contributed by atoms with Crippen LogP contribution in [0.25, 0.3) is 0 Å². The van der Waals surface area contributed by atoms with E-state index in [-0.39, 0.29) is 165 Å². The average Bonchev–Trinajstić information content (AvgIpc) is 1.82. The summed E-state index contributed by atoms with van der Waals surface area (Å²) in [4.78, 5) is 65.7. The molecule has 6 fully saturated rings. The van der Waals surface area contributed by atoms with Crippen LogP contribution in [0.3, 0.4) is 0 Å². The molecule has 4 saturated carbocycles. The molecule has 2 N–H and O–H groups in total. The molecular formula is C53H55Cl2F9K2N6O12S3. The first-order valence-corrected chi connectivity index (χ1v) is 29.3. The number of carbonyl (C=O) groups is 5. The van der Waals surface area contributed by atoms with E-state index in [0.717, 1.165) is 39.1 Å². The van der Waals surface area contributed by atoms with Gasteiger partial charge in [0.05, 0.1) is 39.3 Å². The Kier molecular flexibility index (Phi) is 27.3. The Bertz CT molecular complexity index is 3180. The smallest absolute Gasteiger partial charge is 1.00 e. The van der Waals surface area contributed by atoms with Gasteiger partial charge in [0.2, 0.25) is 23.6 Å². The number of hydrogen-bond acceptors (Lipinski definition) is 16. The van der Waals surface area contributed by atoms with Gasteiger partial charge in [0, 0.05) is 34.6 Å². The molecule has 34 heteroatoms. The van der Waals surface area contributed by atoms with E-state index in [1.807, 2.05) is 38.1 Å². The molecule has 5 atom stereocenters. The number of thiol groups is 1. The fourth-order valence-corrected chi connectivity index (χ4v) is 11.8. The maximum atomic E-state index is 13.7. The van der Waals surface area contributed by atoms with Crippen molar-refractivity contribution in [2.75, 3.05) is 13.1 Å². The fourth-order valence-electron chi connectivity index (χ4n) is 8.91. The van der Waals surface area contributed by atoms with Gasteiger partial charge in [-0.2, -0.15) is 58.5 Å². The molecule has 18 nitrogen and oxygen atoms in total. The number of nitrogens with one attached hydrogen (secondary N) is 2. The number of thioether (sulfide) groups is 1. The second-order valence-corrected chi connectivity index (χ2v) is 25.2. The Morgan fingerprint density at radius 2 is 1.18 bits per heavy atom. The second kappa shape index (κ2) is 30.9. The van der Waals surface area contributed by atoms with Crippen molar-refractivity contribution in [3.8, 4) is 23.6 Å². The van der Waals surface area contributed by atoms with Crippen molar-refractivity contribution >= 4 is 87.8 Å². The van der Waals surface area contributed by atoms with Crippen molar-refractivity contribution in [1.29, 1.82) is 10.5 Å². The maximum absolute atomic E-state index is 13.7. The van der Waals surface area contributed by atoms with Gasteiger partial charge in [-0.1, -0.05) is 41.4 Å². The summed E-state index contributed by atoms with van der Waals surface area (Å²) in [5.41, 5.74) is -7.23. The number of benzene rings is 3. The molecule has 0 unspecified atom stereocenters. The summed E-state index contributed by atoms with van der Waals surface area (Å²) < 4.78 is 160. The van der Waals surface area contributed by atoms with Crippen molar-refractivity contribution in [2.45, 2.75) is 165 Å². The van der Waals surface area contributed by atoms with Gasteiger partial charge >= 0.3 is 121 Å². The van der Waals surface area contributed by atoms with Crippen molar-refractivity contribution in [1.82, 2.24) is 20.4 Å². The third-order valence-electron chi connectivity index (χ3n) is 14.3. The maximum Gasteiger partial charge on any atom is 1.00 e. The van der Waals surface area contributed by atoms with E-state index in [0.29, 0.717) is 35.6 Å². The number of carbonyl (C=O) groups excluding carboxylic acids is 5. The normalized spacial score (nSPS) is 21.6. The van der Waals surface area contributed by atoms with Crippen LogP contribution in [-0.2, 0) is 43.2 Å². The number of nitrogens with zero attached hydrogens (tertiary/aromatic N) is 4. The zero-order valence-corrected chi connectivity index (χ0v) is 57.3. The Labute approximate surface area is 600 Å². The molecule has 0 aromatic heterocycles. The van der Waals surface area contributed by atoms with Crippen LogP contribution in [0.5, 0.6) is 11.5 Å². The van der Waals surface area contributed by atoms with Crippen LogP contribution in [0, 0.1) is 33.5 Å². The second-order valence-electron chi connectivity index (χ2n) is 21.0. The number of hydrogen-bond donors (Lipinski definition) is 3. The van der Waals surface area contributed by atoms with Crippen molar-refractivity contribution in [3.63, 3.8) is 0 Å². The summed E-state index contributed by atoms with van der Waals surface area (Å²) in [7, 11) is -4.26. The van der Waals surface area contributed by atoms with Gasteiger partial charge in [0.1, 0.15) is 45.5 Å². The molecule has 87 heavy (non-hydrogen) atoms. The zero-order valence-electron chi connectivity index (χ0n) is 48.0. The third kappa shape index (κ3) is 19.7. The molecule has 2 saturated heterocycles. The molecule has 2 aliphatic heterocycles. The van der Waals surface area contributed by atoms with Crippen molar-refractivity contribution < 1.29 is 200 Å². The van der Waals surface area contributed by atoms with Crippen LogP contribution in [0.1, 0.15) is 86.4 Å². The zero-order chi connectivity index (χ0) is 63.3. The monoisotopic (exact) mass is 1380 g/mol. The molecule has 0 spiro atoms. The standard InChI is InChI=1S/C23H22ClF6N3O3S.C20H20F3N3O5S.C9H11ClOS.CH2O3.2K.H/c1-12(22(25,26)27)36-13-2-3-17(15(24)8-13)37-14-9-16(18(34)32-20(11-31)4-5-20)33(10-14)19(35)21(6-7-21)23(28,29)30;21-20(22,23)19(8-9-19)17(28)26-11-13(31-32(29,30)14-4-2-1-3-5-14)10-15(26)16(27)25-18(12-24)6-7-18;1-6(2)11-7-3-4-9(12)8(10)5-7;2-1-4-3;;;/h2-3,8,12,14,16H,4-7,9-10H2,1H3,(H,32,34);1-5,13,15H,6-11H2,(H,25,27);3-6,12H,1-2H3;1,3H;;;/q;;;;2*+1;-1/p-1/t12-,14+,16-;13-,15-;;;;;/m00...../s1. The van der Waals surface area contributed by atoms with Gasteiger partial charge in [-0.05, 0) is 127 Å².